The maximum Gasteiger partial charge on any atom is 0.130 e. The van der Waals surface area contributed by atoms with E-state index in [0.717, 1.165) is 29.7 Å². The van der Waals surface area contributed by atoms with Gasteiger partial charge in [-0.25, -0.2) is 0 Å². The van der Waals surface area contributed by atoms with Crippen molar-refractivity contribution in [2.75, 3.05) is 0 Å². The minimum atomic E-state index is 0.0668. The first kappa shape index (κ1) is 15.0. The Labute approximate surface area is 104 Å². The average Bonchev–Trinajstić information content (AvgIpc) is 2.18. The monoisotopic (exact) mass is 240 g/mol. The lowest BCUT2D eigenvalue weighted by Crippen LogP contribution is -2.09. The topological polar surface area (TPSA) is 35.9 Å². The van der Waals surface area contributed by atoms with Gasteiger partial charge in [0.25, 0.3) is 0 Å². The fraction of sp³-hybridized carbons (Fsp3) is 0.462. The Bertz CT molecular complexity index is 314. The summed E-state index contributed by atoms with van der Waals surface area (Å²) in [5.41, 5.74) is 2.67. The van der Waals surface area contributed by atoms with E-state index in [2.05, 4.69) is 24.9 Å². The maximum absolute atomic E-state index is 7.56. The minimum absolute atomic E-state index is 0.0668. The fourth-order valence-corrected chi connectivity index (χ4v) is 1.77. The van der Waals surface area contributed by atoms with E-state index in [9.17, 15) is 0 Å². The molecule has 0 unspecified atom stereocenters. The largest absolute Gasteiger partial charge is 0.365 e. The normalized spacial score (nSPS) is 13.1. The first-order valence-electron chi connectivity index (χ1n) is 5.54. The van der Waals surface area contributed by atoms with E-state index >= 15 is 0 Å². The van der Waals surface area contributed by atoms with Gasteiger partial charge in [0.1, 0.15) is 5.17 Å². The molecule has 0 saturated carbocycles. The molecule has 0 fully saturated rings. The van der Waals surface area contributed by atoms with E-state index in [-0.39, 0.29) is 5.17 Å². The summed E-state index contributed by atoms with van der Waals surface area (Å²) >= 11 is 5.79. The van der Waals surface area contributed by atoms with Gasteiger partial charge in [0, 0.05) is 11.3 Å². The SMILES string of the molecule is C=CNC(C)=C(C(=N)Cl)/C(C)=C\CCCC. The van der Waals surface area contributed by atoms with E-state index in [1.165, 1.54) is 6.42 Å². The predicted octanol–water partition coefficient (Wildman–Crippen LogP) is 4.35. The van der Waals surface area contributed by atoms with E-state index in [4.69, 9.17) is 17.0 Å². The van der Waals surface area contributed by atoms with Gasteiger partial charge >= 0.3 is 0 Å². The molecular formula is C13H21ClN2. The van der Waals surface area contributed by atoms with Gasteiger partial charge in [0.2, 0.25) is 0 Å². The van der Waals surface area contributed by atoms with Crippen LogP contribution in [0.1, 0.15) is 40.0 Å². The van der Waals surface area contributed by atoms with Crippen molar-refractivity contribution in [1.82, 2.24) is 5.32 Å². The van der Waals surface area contributed by atoms with Crippen molar-refractivity contribution in [2.45, 2.75) is 40.0 Å². The quantitative estimate of drug-likeness (QED) is 0.388. The van der Waals surface area contributed by atoms with Gasteiger partial charge in [-0.15, -0.1) is 0 Å². The third-order valence-electron chi connectivity index (χ3n) is 2.32. The highest BCUT2D eigenvalue weighted by Crippen LogP contribution is 2.18. The number of nitrogens with one attached hydrogen (secondary N) is 2. The molecule has 3 heteroatoms. The van der Waals surface area contributed by atoms with Gasteiger partial charge in [-0.05, 0) is 32.0 Å². The van der Waals surface area contributed by atoms with Gasteiger partial charge in [-0.2, -0.15) is 0 Å². The second kappa shape index (κ2) is 8.17. The van der Waals surface area contributed by atoms with E-state index in [0.29, 0.717) is 0 Å². The molecule has 0 amide bonds. The molecule has 2 N–H and O–H groups in total. The highest BCUT2D eigenvalue weighted by Gasteiger charge is 2.08. The molecule has 0 radical (unpaired) electrons. The van der Waals surface area contributed by atoms with E-state index in [1.807, 2.05) is 13.8 Å². The molecule has 0 spiro atoms. The van der Waals surface area contributed by atoms with Crippen molar-refractivity contribution in [3.05, 3.63) is 35.7 Å². The Morgan fingerprint density at radius 1 is 1.44 bits per heavy atom. The number of hydrogen-bond donors (Lipinski definition) is 2. The van der Waals surface area contributed by atoms with Crippen molar-refractivity contribution >= 4 is 16.8 Å². The van der Waals surface area contributed by atoms with Gasteiger partial charge in [-0.3, -0.25) is 5.41 Å². The van der Waals surface area contributed by atoms with Gasteiger partial charge in [0.15, 0.2) is 0 Å². The lowest BCUT2D eigenvalue weighted by atomic mass is 10.0. The van der Waals surface area contributed by atoms with Crippen LogP contribution in [0.25, 0.3) is 0 Å². The van der Waals surface area contributed by atoms with Crippen LogP contribution < -0.4 is 5.32 Å². The molecule has 0 aliphatic carbocycles. The third-order valence-corrected chi connectivity index (χ3v) is 2.50. The molecule has 0 aromatic heterocycles. The highest BCUT2D eigenvalue weighted by atomic mass is 35.5. The van der Waals surface area contributed by atoms with Crippen molar-refractivity contribution in [1.29, 1.82) is 5.41 Å². The Hall–Kier alpha value is -1.02. The van der Waals surface area contributed by atoms with E-state index < -0.39 is 0 Å². The molecule has 2 nitrogen and oxygen atoms in total. The summed E-state index contributed by atoms with van der Waals surface area (Å²) in [6.07, 6.45) is 7.08. The second-order valence-electron chi connectivity index (χ2n) is 3.69. The number of halogens is 1. The van der Waals surface area contributed by atoms with Crippen molar-refractivity contribution in [3.8, 4) is 0 Å². The number of unbranched alkanes of at least 4 members (excludes halogenated alkanes) is 2. The Morgan fingerprint density at radius 2 is 2.06 bits per heavy atom. The molecule has 0 rings (SSSR count). The standard InChI is InChI=1S/C13H21ClN2/c1-5-7-8-9-10(3)12(13(14)15)11(4)16-6-2/h6,9,15-16H,2,5,7-8H2,1,3-4H3/b10-9-,12-11?,15-13?. The van der Waals surface area contributed by atoms with Crippen LogP contribution in [0.3, 0.4) is 0 Å². The first-order valence-corrected chi connectivity index (χ1v) is 5.92. The lowest BCUT2D eigenvalue weighted by molar-refractivity contribution is 0.811. The summed E-state index contributed by atoms with van der Waals surface area (Å²) in [5.74, 6) is 0. The zero-order valence-electron chi connectivity index (χ0n) is 10.4. The third kappa shape index (κ3) is 5.17. The lowest BCUT2D eigenvalue weighted by Gasteiger charge is -2.10. The van der Waals surface area contributed by atoms with Gasteiger partial charge in [-0.1, -0.05) is 44.0 Å². The summed E-state index contributed by atoms with van der Waals surface area (Å²) in [6.45, 7) is 9.64. The molecular weight excluding hydrogens is 220 g/mol. The van der Waals surface area contributed by atoms with Crippen molar-refractivity contribution in [3.63, 3.8) is 0 Å². The fourth-order valence-electron chi connectivity index (χ4n) is 1.48. The Kier molecular flexibility index (Phi) is 7.65. The van der Waals surface area contributed by atoms with Crippen molar-refractivity contribution in [2.24, 2.45) is 0 Å². The van der Waals surface area contributed by atoms with Crippen LogP contribution in [-0.2, 0) is 0 Å². The van der Waals surface area contributed by atoms with Crippen molar-refractivity contribution < 1.29 is 0 Å². The summed E-state index contributed by atoms with van der Waals surface area (Å²) in [7, 11) is 0. The summed E-state index contributed by atoms with van der Waals surface area (Å²) in [6, 6.07) is 0. The van der Waals surface area contributed by atoms with Crippen LogP contribution in [0.4, 0.5) is 0 Å². The summed E-state index contributed by atoms with van der Waals surface area (Å²) in [4.78, 5) is 0. The number of allylic oxidation sites excluding steroid dienone is 4. The van der Waals surface area contributed by atoms with Crippen LogP contribution in [-0.4, -0.2) is 5.17 Å². The zero-order valence-corrected chi connectivity index (χ0v) is 11.1. The summed E-state index contributed by atoms with van der Waals surface area (Å²) < 4.78 is 0. The molecule has 0 heterocycles. The molecule has 0 aromatic rings. The minimum Gasteiger partial charge on any atom is -0.365 e. The second-order valence-corrected chi connectivity index (χ2v) is 4.07. The predicted molar refractivity (Wildman–Crippen MR) is 72.9 cm³/mol. The van der Waals surface area contributed by atoms with Gasteiger partial charge < -0.3 is 5.32 Å². The average molecular weight is 241 g/mol. The molecule has 0 bridgehead atoms. The number of hydrogen-bond acceptors (Lipinski definition) is 2. The summed E-state index contributed by atoms with van der Waals surface area (Å²) in [5, 5.41) is 10.6. The molecule has 0 aliphatic rings. The molecule has 0 atom stereocenters. The van der Waals surface area contributed by atoms with Crippen LogP contribution in [0, 0.1) is 5.41 Å². The van der Waals surface area contributed by atoms with E-state index in [1.54, 1.807) is 6.20 Å². The first-order chi connectivity index (χ1) is 7.54. The molecule has 90 valence electrons. The zero-order chi connectivity index (χ0) is 12.6. The van der Waals surface area contributed by atoms with Crippen LogP contribution in [0.15, 0.2) is 35.7 Å². The molecule has 0 aromatic carbocycles. The molecule has 0 aliphatic heterocycles. The molecule has 16 heavy (non-hydrogen) atoms. The van der Waals surface area contributed by atoms with Crippen LogP contribution in [0.2, 0.25) is 0 Å². The number of rotatable bonds is 7. The Morgan fingerprint density at radius 3 is 2.50 bits per heavy atom. The highest BCUT2D eigenvalue weighted by molar-refractivity contribution is 6.69. The van der Waals surface area contributed by atoms with Gasteiger partial charge in [0.05, 0.1) is 0 Å². The Balaban J connectivity index is 4.91. The van der Waals surface area contributed by atoms with Crippen LogP contribution >= 0.6 is 11.6 Å². The molecule has 0 saturated heterocycles. The smallest absolute Gasteiger partial charge is 0.130 e. The maximum atomic E-state index is 7.56. The van der Waals surface area contributed by atoms with Crippen LogP contribution in [0.5, 0.6) is 0 Å².